The van der Waals surface area contributed by atoms with Crippen LogP contribution in [-0.4, -0.2) is 62.4 Å². The lowest BCUT2D eigenvalue weighted by Gasteiger charge is -2.34. The Bertz CT molecular complexity index is 1750. The molecule has 4 aromatic rings. The zero-order valence-corrected chi connectivity index (χ0v) is 27.1. The van der Waals surface area contributed by atoms with E-state index in [1.807, 2.05) is 55.5 Å². The number of carbonyl (C=O) groups is 2. The molecule has 2 aliphatic heterocycles. The van der Waals surface area contributed by atoms with Gasteiger partial charge in [-0.05, 0) is 68.3 Å². The molecule has 3 heterocycles. The highest BCUT2D eigenvalue weighted by atomic mass is 16.5. The van der Waals surface area contributed by atoms with Gasteiger partial charge < -0.3 is 29.9 Å². The minimum absolute atomic E-state index is 0.00805. The van der Waals surface area contributed by atoms with Gasteiger partial charge in [0.05, 0.1) is 36.7 Å². The van der Waals surface area contributed by atoms with Crippen molar-refractivity contribution in [3.05, 3.63) is 101 Å². The Morgan fingerprint density at radius 2 is 1.87 bits per heavy atom. The maximum Gasteiger partial charge on any atom is 0.264 e. The van der Waals surface area contributed by atoms with Crippen LogP contribution in [0.5, 0.6) is 5.75 Å². The molecule has 1 spiro atoms. The van der Waals surface area contributed by atoms with E-state index >= 15 is 0 Å². The number of aliphatic hydroxyl groups excluding tert-OH is 1. The van der Waals surface area contributed by atoms with Crippen LogP contribution in [-0.2, 0) is 34.6 Å². The average molecular weight is 640 g/mol. The van der Waals surface area contributed by atoms with E-state index in [9.17, 15) is 19.8 Å². The second-order valence-electron chi connectivity index (χ2n) is 12.9. The molecule has 3 aromatic carbocycles. The normalized spacial score (nSPS) is 22.1. The zero-order valence-electron chi connectivity index (χ0n) is 27.1. The van der Waals surface area contributed by atoms with Crippen molar-refractivity contribution >= 4 is 23.2 Å². The summed E-state index contributed by atoms with van der Waals surface area (Å²) in [5.41, 5.74) is 1.78. The highest BCUT2D eigenvalue weighted by Crippen LogP contribution is 2.58. The number of rotatable bonds is 11. The van der Waals surface area contributed by atoms with Crippen molar-refractivity contribution in [2.75, 3.05) is 23.9 Å². The van der Waals surface area contributed by atoms with E-state index in [2.05, 4.69) is 15.6 Å². The number of hydrogen-bond donors (Lipinski definition) is 3. The molecule has 1 fully saturated rings. The quantitative estimate of drug-likeness (QED) is 0.221. The number of para-hydroxylation sites is 1. The van der Waals surface area contributed by atoms with Crippen LogP contribution >= 0.6 is 0 Å². The predicted molar refractivity (Wildman–Crippen MR) is 176 cm³/mol. The molecule has 1 aromatic heterocycles. The molecule has 3 N–H and O–H groups in total. The molecule has 0 unspecified atom stereocenters. The number of methoxy groups -OCH3 is 1. The van der Waals surface area contributed by atoms with Gasteiger partial charge in [0.15, 0.2) is 5.60 Å². The summed E-state index contributed by atoms with van der Waals surface area (Å²) in [7, 11) is 1.58. The highest BCUT2D eigenvalue weighted by molar-refractivity contribution is 6.07. The maximum atomic E-state index is 14.7. The van der Waals surface area contributed by atoms with E-state index in [1.54, 1.807) is 61.0 Å². The number of aromatic nitrogens is 3. The zero-order chi connectivity index (χ0) is 33.3. The van der Waals surface area contributed by atoms with Crippen molar-refractivity contribution in [1.29, 1.82) is 0 Å². The van der Waals surface area contributed by atoms with Gasteiger partial charge in [-0.15, -0.1) is 5.10 Å². The van der Waals surface area contributed by atoms with E-state index in [-0.39, 0.29) is 36.8 Å². The Kier molecular flexibility index (Phi) is 8.88. The summed E-state index contributed by atoms with van der Waals surface area (Å²) in [6.07, 6.45) is 2.29. The fourth-order valence-electron chi connectivity index (χ4n) is 7.27. The largest absolute Gasteiger partial charge is 0.497 e. The Balaban J connectivity index is 1.25. The molecule has 47 heavy (non-hydrogen) atoms. The topological polar surface area (TPSA) is 139 Å². The van der Waals surface area contributed by atoms with Gasteiger partial charge in [0.1, 0.15) is 5.75 Å². The minimum Gasteiger partial charge on any atom is -0.497 e. The van der Waals surface area contributed by atoms with Gasteiger partial charge in [-0.1, -0.05) is 42.5 Å². The van der Waals surface area contributed by atoms with E-state index in [0.717, 1.165) is 16.8 Å². The SMILES string of the molecule is COc1ccc(C(=O)Nc2cccc(CN3C(=O)[C@]4(O[C@H](CCn5cc(CCO)nn5)[C@@H](C(C)(C)O)[C@@H]4C)c4ccccc43)c2)cc1. The van der Waals surface area contributed by atoms with E-state index in [4.69, 9.17) is 9.47 Å². The number of anilines is 2. The number of benzene rings is 3. The van der Waals surface area contributed by atoms with Gasteiger partial charge in [-0.25, -0.2) is 0 Å². The van der Waals surface area contributed by atoms with Crippen LogP contribution in [0.25, 0.3) is 0 Å². The third kappa shape index (κ3) is 6.14. The smallest absolute Gasteiger partial charge is 0.264 e. The molecule has 11 nitrogen and oxygen atoms in total. The van der Waals surface area contributed by atoms with Crippen molar-refractivity contribution in [3.63, 3.8) is 0 Å². The van der Waals surface area contributed by atoms with Crippen LogP contribution in [0.1, 0.15) is 54.4 Å². The summed E-state index contributed by atoms with van der Waals surface area (Å²) in [5, 5.41) is 31.9. The Hall–Kier alpha value is -4.58. The molecule has 6 rings (SSSR count). The molecule has 11 heteroatoms. The maximum absolute atomic E-state index is 14.7. The third-order valence-corrected chi connectivity index (χ3v) is 9.37. The van der Waals surface area contributed by atoms with E-state index in [1.165, 1.54) is 0 Å². The second kappa shape index (κ2) is 12.9. The monoisotopic (exact) mass is 639 g/mol. The average Bonchev–Trinajstić information content (AvgIpc) is 3.70. The van der Waals surface area contributed by atoms with Crippen LogP contribution in [0.3, 0.4) is 0 Å². The van der Waals surface area contributed by atoms with Crippen molar-refractivity contribution in [1.82, 2.24) is 15.0 Å². The molecule has 0 saturated carbocycles. The molecule has 2 aliphatic rings. The van der Waals surface area contributed by atoms with Crippen LogP contribution < -0.4 is 15.0 Å². The summed E-state index contributed by atoms with van der Waals surface area (Å²) in [4.78, 5) is 29.3. The van der Waals surface area contributed by atoms with Crippen LogP contribution in [0.4, 0.5) is 11.4 Å². The number of nitrogens with one attached hydrogen (secondary N) is 1. The number of aryl methyl sites for hydroxylation is 1. The molecule has 4 atom stereocenters. The van der Waals surface area contributed by atoms with Gasteiger partial charge in [-0.2, -0.15) is 0 Å². The Labute approximate surface area is 274 Å². The van der Waals surface area contributed by atoms with Crippen LogP contribution in [0.15, 0.2) is 79.0 Å². The number of nitrogens with zero attached hydrogens (tertiary/aromatic N) is 4. The first-order valence-electron chi connectivity index (χ1n) is 15.9. The summed E-state index contributed by atoms with van der Waals surface area (Å²) < 4.78 is 13.8. The Morgan fingerprint density at radius 1 is 1.11 bits per heavy atom. The van der Waals surface area contributed by atoms with Gasteiger partial charge in [-0.3, -0.25) is 14.3 Å². The number of aliphatic hydroxyl groups is 2. The van der Waals surface area contributed by atoms with E-state index in [0.29, 0.717) is 42.1 Å². The molecule has 0 radical (unpaired) electrons. The van der Waals surface area contributed by atoms with Crippen molar-refractivity contribution in [2.24, 2.45) is 11.8 Å². The van der Waals surface area contributed by atoms with Crippen molar-refractivity contribution in [3.8, 4) is 5.75 Å². The number of ether oxygens (including phenoxy) is 2. The van der Waals surface area contributed by atoms with Gasteiger partial charge >= 0.3 is 0 Å². The first-order chi connectivity index (χ1) is 22.5. The second-order valence-corrected chi connectivity index (χ2v) is 12.9. The van der Waals surface area contributed by atoms with E-state index < -0.39 is 17.3 Å². The number of hydrogen-bond acceptors (Lipinski definition) is 8. The van der Waals surface area contributed by atoms with Gasteiger partial charge in [0, 0.05) is 54.4 Å². The van der Waals surface area contributed by atoms with Crippen molar-refractivity contribution < 1.29 is 29.3 Å². The first-order valence-corrected chi connectivity index (χ1v) is 15.9. The van der Waals surface area contributed by atoms with Crippen LogP contribution in [0, 0.1) is 11.8 Å². The molecular formula is C36H41N5O6. The lowest BCUT2D eigenvalue weighted by atomic mass is 9.71. The van der Waals surface area contributed by atoms with Gasteiger partial charge in [0.2, 0.25) is 0 Å². The molecular weight excluding hydrogens is 598 g/mol. The molecule has 246 valence electrons. The van der Waals surface area contributed by atoms with Crippen molar-refractivity contribution in [2.45, 2.75) is 64.0 Å². The predicted octanol–water partition coefficient (Wildman–Crippen LogP) is 4.33. The van der Waals surface area contributed by atoms with Gasteiger partial charge in [0.25, 0.3) is 11.8 Å². The fraction of sp³-hybridized carbons (Fsp3) is 0.389. The highest BCUT2D eigenvalue weighted by Gasteiger charge is 2.65. The molecule has 0 aliphatic carbocycles. The molecule has 1 saturated heterocycles. The third-order valence-electron chi connectivity index (χ3n) is 9.37. The molecule has 0 bridgehead atoms. The lowest BCUT2D eigenvalue weighted by molar-refractivity contribution is -0.146. The Morgan fingerprint density at radius 3 is 2.60 bits per heavy atom. The number of fused-ring (bicyclic) bond motifs is 2. The lowest BCUT2D eigenvalue weighted by Crippen LogP contribution is -2.46. The fourth-order valence-corrected chi connectivity index (χ4v) is 7.27. The summed E-state index contributed by atoms with van der Waals surface area (Å²) in [6, 6.07) is 22.0. The number of carbonyl (C=O) groups excluding carboxylic acids is 2. The summed E-state index contributed by atoms with van der Waals surface area (Å²) >= 11 is 0. The summed E-state index contributed by atoms with van der Waals surface area (Å²) in [5.74, 6) is -0.459. The standard InChI is InChI=1S/C36H41N5O6/c1-23-32(35(2,3)45)31(16-18-40-22-27(17-19-42)38-39-40)47-36(23)29-10-5-6-11-30(29)41(34(36)44)21-24-8-7-9-26(20-24)37-33(43)25-12-14-28(46-4)15-13-25/h5-15,20,22-23,31-32,42,45H,16-19,21H2,1-4H3,(H,37,43)/t23-,31+,32-,36+/m0/s1. The first kappa shape index (κ1) is 32.4. The molecule has 2 amide bonds. The summed E-state index contributed by atoms with van der Waals surface area (Å²) in [6.45, 7) is 6.27. The number of amides is 2. The van der Waals surface area contributed by atoms with Crippen LogP contribution in [0.2, 0.25) is 0 Å². The minimum atomic E-state index is -1.28.